The molecule has 0 bridgehead atoms. The zero-order chi connectivity index (χ0) is 15.2. The Morgan fingerprint density at radius 3 is 2.86 bits per heavy atom. The Morgan fingerprint density at radius 2 is 2.19 bits per heavy atom. The van der Waals surface area contributed by atoms with Crippen LogP contribution in [0.4, 0.5) is 11.4 Å². The lowest BCUT2D eigenvalue weighted by Gasteiger charge is -2.06. The summed E-state index contributed by atoms with van der Waals surface area (Å²) in [7, 11) is 0. The largest absolute Gasteiger partial charge is 0.351 e. The third-order valence-corrected chi connectivity index (χ3v) is 3.17. The highest BCUT2D eigenvalue weighted by Gasteiger charge is 2.14. The van der Waals surface area contributed by atoms with Crippen LogP contribution >= 0.6 is 11.6 Å². The molecule has 0 saturated carbocycles. The predicted molar refractivity (Wildman–Crippen MR) is 80.9 cm³/mol. The Morgan fingerprint density at radius 1 is 1.38 bits per heavy atom. The zero-order valence-corrected chi connectivity index (χ0v) is 11.9. The van der Waals surface area contributed by atoms with E-state index in [1.54, 1.807) is 6.07 Å². The molecule has 0 aliphatic heterocycles. The second-order valence-corrected chi connectivity index (χ2v) is 4.85. The number of aromatic nitrogens is 1. The number of halogens is 1. The molecule has 1 amide bonds. The number of alkyl halides is 1. The molecule has 6 nitrogen and oxygen atoms in total. The van der Waals surface area contributed by atoms with Crippen molar-refractivity contribution in [2.45, 2.75) is 12.8 Å². The highest BCUT2D eigenvalue weighted by atomic mass is 35.5. The van der Waals surface area contributed by atoms with E-state index in [2.05, 4.69) is 10.3 Å². The summed E-state index contributed by atoms with van der Waals surface area (Å²) in [4.78, 5) is 24.6. The average molecular weight is 308 g/mol. The van der Waals surface area contributed by atoms with Crippen molar-refractivity contribution in [3.63, 3.8) is 0 Å². The van der Waals surface area contributed by atoms with Gasteiger partial charge in [-0.2, -0.15) is 0 Å². The summed E-state index contributed by atoms with van der Waals surface area (Å²) in [5.41, 5.74) is 1.72. The SMILES string of the molecule is O=C(Nc1cccc(CCCCl)c1)c1cc([N+](=O)[O-])c[nH]1. The van der Waals surface area contributed by atoms with Crippen LogP contribution in [-0.4, -0.2) is 21.7 Å². The first-order valence-electron chi connectivity index (χ1n) is 6.39. The molecule has 0 aliphatic carbocycles. The van der Waals surface area contributed by atoms with Gasteiger partial charge in [0.05, 0.1) is 11.1 Å². The van der Waals surface area contributed by atoms with Crippen LogP contribution in [-0.2, 0) is 6.42 Å². The summed E-state index contributed by atoms with van der Waals surface area (Å²) in [5, 5.41) is 13.3. The van der Waals surface area contributed by atoms with Gasteiger partial charge < -0.3 is 10.3 Å². The molecule has 21 heavy (non-hydrogen) atoms. The Labute approximate surface area is 126 Å². The predicted octanol–water partition coefficient (Wildman–Crippen LogP) is 3.35. The average Bonchev–Trinajstić information content (AvgIpc) is 2.95. The highest BCUT2D eigenvalue weighted by molar-refractivity contribution is 6.17. The Bertz CT molecular complexity index is 654. The van der Waals surface area contributed by atoms with Gasteiger partial charge in [-0.1, -0.05) is 12.1 Å². The van der Waals surface area contributed by atoms with E-state index >= 15 is 0 Å². The number of aromatic amines is 1. The molecular weight excluding hydrogens is 294 g/mol. The van der Waals surface area contributed by atoms with Gasteiger partial charge in [-0.3, -0.25) is 14.9 Å². The molecule has 0 unspecified atom stereocenters. The standard InChI is InChI=1S/C14H14ClN3O3/c15-6-2-4-10-3-1-5-11(7-10)17-14(19)13-8-12(9-16-13)18(20)21/h1,3,5,7-9,16H,2,4,6H2,(H,17,19). The summed E-state index contributed by atoms with van der Waals surface area (Å²) in [6, 6.07) is 8.63. The number of nitrogens with one attached hydrogen (secondary N) is 2. The van der Waals surface area contributed by atoms with Gasteiger partial charge in [0.2, 0.25) is 0 Å². The fourth-order valence-corrected chi connectivity index (χ4v) is 2.03. The monoisotopic (exact) mass is 307 g/mol. The van der Waals surface area contributed by atoms with Crippen molar-refractivity contribution in [3.8, 4) is 0 Å². The van der Waals surface area contributed by atoms with Crippen LogP contribution in [0.25, 0.3) is 0 Å². The van der Waals surface area contributed by atoms with Gasteiger partial charge in [-0.05, 0) is 30.5 Å². The maximum absolute atomic E-state index is 12.0. The molecule has 0 spiro atoms. The number of H-pyrrole nitrogens is 1. The number of hydrogen-bond acceptors (Lipinski definition) is 3. The molecule has 1 aromatic carbocycles. The fraction of sp³-hybridized carbons (Fsp3) is 0.214. The van der Waals surface area contributed by atoms with E-state index in [-0.39, 0.29) is 11.4 Å². The molecule has 1 heterocycles. The molecule has 1 aromatic heterocycles. The first kappa shape index (κ1) is 15.1. The van der Waals surface area contributed by atoms with Crippen molar-refractivity contribution in [1.82, 2.24) is 4.98 Å². The van der Waals surface area contributed by atoms with Crippen LogP contribution in [0.15, 0.2) is 36.5 Å². The van der Waals surface area contributed by atoms with E-state index in [1.807, 2.05) is 18.2 Å². The lowest BCUT2D eigenvalue weighted by Crippen LogP contribution is -2.12. The van der Waals surface area contributed by atoms with Crippen molar-refractivity contribution in [1.29, 1.82) is 0 Å². The van der Waals surface area contributed by atoms with Crippen molar-refractivity contribution < 1.29 is 9.72 Å². The smallest absolute Gasteiger partial charge is 0.287 e. The number of hydrogen-bond donors (Lipinski definition) is 2. The molecule has 0 radical (unpaired) electrons. The quantitative estimate of drug-likeness (QED) is 0.487. The number of aryl methyl sites for hydroxylation is 1. The Hall–Kier alpha value is -2.34. The van der Waals surface area contributed by atoms with Crippen LogP contribution in [0.3, 0.4) is 0 Å². The number of nitro groups is 1. The van der Waals surface area contributed by atoms with Crippen LogP contribution in [0, 0.1) is 10.1 Å². The number of carbonyl (C=O) groups excluding carboxylic acids is 1. The summed E-state index contributed by atoms with van der Waals surface area (Å²) in [5.74, 6) is 0.167. The third-order valence-electron chi connectivity index (χ3n) is 2.91. The first-order valence-corrected chi connectivity index (χ1v) is 6.92. The second kappa shape index (κ2) is 6.90. The number of rotatable bonds is 6. The van der Waals surface area contributed by atoms with E-state index in [9.17, 15) is 14.9 Å². The molecule has 0 atom stereocenters. The number of benzene rings is 1. The third kappa shape index (κ3) is 4.06. The zero-order valence-electron chi connectivity index (χ0n) is 11.1. The number of carbonyl (C=O) groups is 1. The Kier molecular flexibility index (Phi) is 4.94. The van der Waals surface area contributed by atoms with Gasteiger partial charge >= 0.3 is 0 Å². The second-order valence-electron chi connectivity index (χ2n) is 4.48. The van der Waals surface area contributed by atoms with Gasteiger partial charge in [-0.25, -0.2) is 0 Å². The van der Waals surface area contributed by atoms with E-state index in [4.69, 9.17) is 11.6 Å². The van der Waals surface area contributed by atoms with Crippen molar-refractivity contribution in [2.75, 3.05) is 11.2 Å². The number of amides is 1. The molecule has 0 aliphatic rings. The maximum atomic E-state index is 12.0. The van der Waals surface area contributed by atoms with Gasteiger partial charge in [0, 0.05) is 17.6 Å². The molecule has 0 saturated heterocycles. The minimum Gasteiger partial charge on any atom is -0.351 e. The molecule has 2 rings (SSSR count). The lowest BCUT2D eigenvalue weighted by molar-refractivity contribution is -0.384. The van der Waals surface area contributed by atoms with Crippen molar-refractivity contribution >= 4 is 28.9 Å². The van der Waals surface area contributed by atoms with Gasteiger partial charge in [-0.15, -0.1) is 11.6 Å². The minimum atomic E-state index is -0.555. The molecule has 2 aromatic rings. The molecule has 7 heteroatoms. The number of anilines is 1. The summed E-state index contributed by atoms with van der Waals surface area (Å²) in [6.45, 7) is 0. The van der Waals surface area contributed by atoms with E-state index in [1.165, 1.54) is 12.3 Å². The fourth-order valence-electron chi connectivity index (χ4n) is 1.89. The topological polar surface area (TPSA) is 88.0 Å². The van der Waals surface area contributed by atoms with Crippen LogP contribution < -0.4 is 5.32 Å². The van der Waals surface area contributed by atoms with Crippen LogP contribution in [0.1, 0.15) is 22.5 Å². The van der Waals surface area contributed by atoms with Gasteiger partial charge in [0.1, 0.15) is 5.69 Å². The minimum absolute atomic E-state index is 0.143. The first-order chi connectivity index (χ1) is 10.1. The van der Waals surface area contributed by atoms with Gasteiger partial charge in [0.25, 0.3) is 11.6 Å². The molecular formula is C14H14ClN3O3. The van der Waals surface area contributed by atoms with E-state index < -0.39 is 10.8 Å². The van der Waals surface area contributed by atoms with E-state index in [0.29, 0.717) is 11.6 Å². The van der Waals surface area contributed by atoms with Crippen LogP contribution in [0.5, 0.6) is 0 Å². The summed E-state index contributed by atoms with van der Waals surface area (Å²) < 4.78 is 0. The maximum Gasteiger partial charge on any atom is 0.287 e. The van der Waals surface area contributed by atoms with Crippen molar-refractivity contribution in [2.24, 2.45) is 0 Å². The Balaban J connectivity index is 2.06. The summed E-state index contributed by atoms with van der Waals surface area (Å²) >= 11 is 5.65. The van der Waals surface area contributed by atoms with Crippen molar-refractivity contribution in [3.05, 3.63) is 57.9 Å². The highest BCUT2D eigenvalue weighted by Crippen LogP contribution is 2.16. The molecule has 2 N–H and O–H groups in total. The number of nitrogens with zero attached hydrogens (tertiary/aromatic N) is 1. The molecule has 110 valence electrons. The summed E-state index contributed by atoms with van der Waals surface area (Å²) in [6.07, 6.45) is 2.88. The van der Waals surface area contributed by atoms with E-state index in [0.717, 1.165) is 18.4 Å². The molecule has 0 fully saturated rings. The normalized spacial score (nSPS) is 10.3. The van der Waals surface area contributed by atoms with Gasteiger partial charge in [0.15, 0.2) is 0 Å². The van der Waals surface area contributed by atoms with Crippen LogP contribution in [0.2, 0.25) is 0 Å². The lowest BCUT2D eigenvalue weighted by atomic mass is 10.1.